The Morgan fingerprint density at radius 2 is 1.93 bits per heavy atom. The summed E-state index contributed by atoms with van der Waals surface area (Å²) >= 11 is 0. The van der Waals surface area contributed by atoms with Crippen molar-refractivity contribution in [1.82, 2.24) is 5.01 Å². The molecule has 1 aliphatic heterocycles. The van der Waals surface area contributed by atoms with Gasteiger partial charge in [-0.2, -0.15) is 5.10 Å². The van der Waals surface area contributed by atoms with Crippen molar-refractivity contribution in [2.45, 2.75) is 12.5 Å². The first-order valence-electron chi connectivity index (χ1n) is 9.08. The molecule has 4 rings (SSSR count). The lowest BCUT2D eigenvalue weighted by Crippen LogP contribution is -2.26. The Bertz CT molecular complexity index is 1210. The molecule has 0 radical (unpaired) electrons. The molecule has 9 heteroatoms. The molecule has 1 aromatic heterocycles. The van der Waals surface area contributed by atoms with E-state index in [1.54, 1.807) is 48.5 Å². The van der Waals surface area contributed by atoms with Crippen molar-refractivity contribution in [2.24, 2.45) is 5.10 Å². The minimum atomic E-state index is -3.38. The van der Waals surface area contributed by atoms with Gasteiger partial charge in [-0.15, -0.1) is 0 Å². The highest BCUT2D eigenvalue weighted by Gasteiger charge is 2.34. The fourth-order valence-corrected chi connectivity index (χ4v) is 3.87. The number of nitrogens with zero attached hydrogens (tertiary/aromatic N) is 2. The zero-order valence-corrected chi connectivity index (χ0v) is 16.8. The molecule has 1 aliphatic rings. The summed E-state index contributed by atoms with van der Waals surface area (Å²) in [5.74, 6) is -0.698. The van der Waals surface area contributed by atoms with Crippen molar-refractivity contribution in [3.8, 4) is 0 Å². The Balaban J connectivity index is 1.67. The van der Waals surface area contributed by atoms with Gasteiger partial charge in [-0.3, -0.25) is 9.52 Å². The molecular formula is C21H18FN3O4S. The molecule has 1 atom stereocenters. The molecule has 1 amide bonds. The van der Waals surface area contributed by atoms with Gasteiger partial charge in [0, 0.05) is 12.1 Å². The van der Waals surface area contributed by atoms with E-state index in [1.807, 2.05) is 0 Å². The van der Waals surface area contributed by atoms with E-state index in [2.05, 4.69) is 9.82 Å². The van der Waals surface area contributed by atoms with E-state index in [9.17, 15) is 17.6 Å². The van der Waals surface area contributed by atoms with Crippen molar-refractivity contribution >= 4 is 27.3 Å². The number of sulfonamides is 1. The minimum absolute atomic E-state index is 0.133. The first-order valence-corrected chi connectivity index (χ1v) is 11.0. The van der Waals surface area contributed by atoms with Gasteiger partial charge in [-0.25, -0.2) is 17.8 Å². The molecule has 0 saturated carbocycles. The van der Waals surface area contributed by atoms with Crippen molar-refractivity contribution in [2.75, 3.05) is 11.0 Å². The third-order valence-corrected chi connectivity index (χ3v) is 5.21. The third kappa shape index (κ3) is 4.25. The maximum absolute atomic E-state index is 13.8. The summed E-state index contributed by atoms with van der Waals surface area (Å²) in [6, 6.07) is 15.4. The fourth-order valence-electron chi connectivity index (χ4n) is 3.30. The second-order valence-electron chi connectivity index (χ2n) is 6.90. The molecule has 0 unspecified atom stereocenters. The van der Waals surface area contributed by atoms with Crippen LogP contribution >= 0.6 is 0 Å². The van der Waals surface area contributed by atoms with Crippen molar-refractivity contribution in [3.63, 3.8) is 0 Å². The van der Waals surface area contributed by atoms with Crippen LogP contribution in [0.25, 0.3) is 0 Å². The van der Waals surface area contributed by atoms with Gasteiger partial charge in [0.2, 0.25) is 10.0 Å². The zero-order chi connectivity index (χ0) is 21.3. The normalized spacial score (nSPS) is 16.4. The number of carbonyl (C=O) groups excluding carboxylic acids is 1. The van der Waals surface area contributed by atoms with Gasteiger partial charge in [-0.1, -0.05) is 24.3 Å². The Labute approximate surface area is 172 Å². The monoisotopic (exact) mass is 427 g/mol. The summed E-state index contributed by atoms with van der Waals surface area (Å²) in [7, 11) is -3.38. The molecule has 0 aliphatic carbocycles. The van der Waals surface area contributed by atoms with Crippen LogP contribution in [0.4, 0.5) is 10.1 Å². The van der Waals surface area contributed by atoms with Gasteiger partial charge >= 0.3 is 5.91 Å². The fraction of sp³-hybridized carbons (Fsp3) is 0.143. The van der Waals surface area contributed by atoms with Crippen LogP contribution in [0, 0.1) is 5.82 Å². The summed E-state index contributed by atoms with van der Waals surface area (Å²) in [6.45, 7) is 0. The number of amides is 1. The second kappa shape index (κ2) is 7.75. The van der Waals surface area contributed by atoms with E-state index >= 15 is 0 Å². The van der Waals surface area contributed by atoms with Crippen LogP contribution in [0.2, 0.25) is 0 Å². The van der Waals surface area contributed by atoms with Gasteiger partial charge in [0.1, 0.15) is 5.82 Å². The summed E-state index contributed by atoms with van der Waals surface area (Å²) < 4.78 is 44.2. The molecule has 30 heavy (non-hydrogen) atoms. The summed E-state index contributed by atoms with van der Waals surface area (Å²) in [5, 5.41) is 5.78. The number of anilines is 1. The molecule has 1 N–H and O–H groups in total. The standard InChI is InChI=1S/C21H18FN3O4S/c1-30(27,28)24-17-9-7-14(8-10-17)18-13-19(15-4-2-5-16(22)12-15)25(23-18)21(26)20-6-3-11-29-20/h2-12,19,24H,13H2,1H3/t19-/m0/s1. The minimum Gasteiger partial charge on any atom is -0.459 e. The number of nitrogens with one attached hydrogen (secondary N) is 1. The van der Waals surface area contributed by atoms with Crippen LogP contribution in [0.1, 0.15) is 34.1 Å². The van der Waals surface area contributed by atoms with E-state index in [1.165, 1.54) is 23.4 Å². The molecule has 0 fully saturated rings. The third-order valence-electron chi connectivity index (χ3n) is 4.61. The van der Waals surface area contributed by atoms with Crippen molar-refractivity contribution < 1.29 is 22.0 Å². The maximum atomic E-state index is 13.8. The molecule has 2 heterocycles. The number of benzene rings is 2. The van der Waals surface area contributed by atoms with E-state index in [-0.39, 0.29) is 5.76 Å². The lowest BCUT2D eigenvalue weighted by Gasteiger charge is -2.21. The lowest BCUT2D eigenvalue weighted by molar-refractivity contribution is 0.0678. The quantitative estimate of drug-likeness (QED) is 0.671. The number of halogens is 1. The average molecular weight is 427 g/mol. The Kier molecular flexibility index (Phi) is 5.13. The Morgan fingerprint density at radius 3 is 2.57 bits per heavy atom. The van der Waals surface area contributed by atoms with E-state index in [0.717, 1.165) is 11.8 Å². The van der Waals surface area contributed by atoms with Crippen molar-refractivity contribution in [3.05, 3.63) is 89.6 Å². The zero-order valence-electron chi connectivity index (χ0n) is 15.9. The number of furan rings is 1. The number of hydrazone groups is 1. The Hall–Kier alpha value is -3.46. The predicted molar refractivity (Wildman–Crippen MR) is 110 cm³/mol. The molecule has 7 nitrogen and oxygen atoms in total. The average Bonchev–Trinajstić information content (AvgIpc) is 3.37. The largest absolute Gasteiger partial charge is 0.459 e. The Morgan fingerprint density at radius 1 is 1.17 bits per heavy atom. The topological polar surface area (TPSA) is 92.0 Å². The smallest absolute Gasteiger partial charge is 0.310 e. The van der Waals surface area contributed by atoms with E-state index in [4.69, 9.17) is 4.42 Å². The summed E-state index contributed by atoms with van der Waals surface area (Å²) in [5.41, 5.74) is 2.38. The first kappa shape index (κ1) is 19.8. The highest BCUT2D eigenvalue weighted by molar-refractivity contribution is 7.92. The van der Waals surface area contributed by atoms with Gasteiger partial charge in [0.05, 0.1) is 24.3 Å². The predicted octanol–water partition coefficient (Wildman–Crippen LogP) is 3.78. The second-order valence-corrected chi connectivity index (χ2v) is 8.65. The molecule has 3 aromatic rings. The summed E-state index contributed by atoms with van der Waals surface area (Å²) in [4.78, 5) is 12.9. The highest BCUT2D eigenvalue weighted by atomic mass is 32.2. The summed E-state index contributed by atoms with van der Waals surface area (Å²) in [6.07, 6.45) is 2.84. The van der Waals surface area contributed by atoms with E-state index in [0.29, 0.717) is 23.4 Å². The molecule has 0 bridgehead atoms. The van der Waals surface area contributed by atoms with E-state index < -0.39 is 27.8 Å². The van der Waals surface area contributed by atoms with Gasteiger partial charge in [0.15, 0.2) is 5.76 Å². The van der Waals surface area contributed by atoms with Crippen LogP contribution in [0.3, 0.4) is 0 Å². The molecule has 2 aromatic carbocycles. The SMILES string of the molecule is CS(=O)(=O)Nc1ccc(C2=NN(C(=O)c3ccco3)[C@H](c3cccc(F)c3)C2)cc1. The van der Waals surface area contributed by atoms with Crippen LogP contribution in [-0.2, 0) is 10.0 Å². The molecular weight excluding hydrogens is 409 g/mol. The first-order chi connectivity index (χ1) is 14.3. The van der Waals surface area contributed by atoms with Crippen LogP contribution in [0.5, 0.6) is 0 Å². The number of hydrogen-bond donors (Lipinski definition) is 1. The highest BCUT2D eigenvalue weighted by Crippen LogP contribution is 2.34. The molecule has 0 saturated heterocycles. The van der Waals surface area contributed by atoms with Gasteiger partial charge < -0.3 is 4.42 Å². The van der Waals surface area contributed by atoms with Crippen LogP contribution in [-0.4, -0.2) is 31.3 Å². The maximum Gasteiger partial charge on any atom is 0.310 e. The van der Waals surface area contributed by atoms with Gasteiger partial charge in [0.25, 0.3) is 0 Å². The molecule has 0 spiro atoms. The van der Waals surface area contributed by atoms with Crippen molar-refractivity contribution in [1.29, 1.82) is 0 Å². The lowest BCUT2D eigenvalue weighted by atomic mass is 9.98. The number of hydrogen-bond acceptors (Lipinski definition) is 5. The van der Waals surface area contributed by atoms with Crippen LogP contribution < -0.4 is 4.72 Å². The molecule has 154 valence electrons. The van der Waals surface area contributed by atoms with Crippen LogP contribution in [0.15, 0.2) is 76.4 Å². The number of carbonyl (C=O) groups is 1. The van der Waals surface area contributed by atoms with Gasteiger partial charge in [-0.05, 0) is 47.5 Å². The number of rotatable bonds is 5.